The second-order valence-electron chi connectivity index (χ2n) is 4.32. The first-order valence-electron chi connectivity index (χ1n) is 6.15. The van der Waals surface area contributed by atoms with Crippen LogP contribution in [0, 0.1) is 0 Å². The summed E-state index contributed by atoms with van der Waals surface area (Å²) in [4.78, 5) is 35.3. The number of nitrogens with one attached hydrogen (secondary N) is 3. The van der Waals surface area contributed by atoms with Crippen LogP contribution >= 0.6 is 23.1 Å². The zero-order valence-electron chi connectivity index (χ0n) is 10.7. The Morgan fingerprint density at radius 3 is 2.70 bits per heavy atom. The van der Waals surface area contributed by atoms with Crippen LogP contribution in [0.1, 0.15) is 17.7 Å². The van der Waals surface area contributed by atoms with Crippen LogP contribution in [0.4, 0.5) is 0 Å². The number of hydrogen-bond acceptors (Lipinski definition) is 5. The Balaban J connectivity index is 1.56. The zero-order chi connectivity index (χ0) is 14.4. The highest BCUT2D eigenvalue weighted by Gasteiger charge is 2.26. The molecule has 0 bridgehead atoms. The lowest BCUT2D eigenvalue weighted by atomic mass is 10.5. The SMILES string of the molecule is O=C(CSCc1cccs1)NNC(=O)C(=O)NC1CC1. The molecule has 0 radical (unpaired) electrons. The van der Waals surface area contributed by atoms with E-state index in [9.17, 15) is 14.4 Å². The third-order valence-corrected chi connectivity index (χ3v) is 4.53. The van der Waals surface area contributed by atoms with Crippen LogP contribution in [-0.2, 0) is 20.1 Å². The molecule has 1 aliphatic rings. The standard InChI is InChI=1S/C12H15N3O3S2/c16-10(7-19-6-9-2-1-5-20-9)14-15-12(18)11(17)13-8-3-4-8/h1-2,5,8H,3-4,6-7H2,(H,13,17)(H,14,16)(H,15,18). The third kappa shape index (κ3) is 5.22. The van der Waals surface area contributed by atoms with Crippen molar-refractivity contribution >= 4 is 40.8 Å². The van der Waals surface area contributed by atoms with Gasteiger partial charge in [0.2, 0.25) is 5.91 Å². The van der Waals surface area contributed by atoms with Crippen molar-refractivity contribution in [3.8, 4) is 0 Å². The summed E-state index contributed by atoms with van der Waals surface area (Å²) in [6.45, 7) is 0. The first kappa shape index (κ1) is 14.9. The number of amides is 3. The Hall–Kier alpha value is -1.54. The predicted molar refractivity (Wildman–Crippen MR) is 77.9 cm³/mol. The van der Waals surface area contributed by atoms with Gasteiger partial charge < -0.3 is 5.32 Å². The number of rotatable bonds is 5. The summed E-state index contributed by atoms with van der Waals surface area (Å²) in [7, 11) is 0. The van der Waals surface area contributed by atoms with Crippen molar-refractivity contribution in [2.24, 2.45) is 0 Å². The van der Waals surface area contributed by atoms with Gasteiger partial charge in [-0.15, -0.1) is 23.1 Å². The van der Waals surface area contributed by atoms with Crippen molar-refractivity contribution in [3.05, 3.63) is 22.4 Å². The number of hydrazine groups is 1. The number of hydrogen-bond donors (Lipinski definition) is 3. The molecular formula is C12H15N3O3S2. The van der Waals surface area contributed by atoms with E-state index >= 15 is 0 Å². The first-order valence-corrected chi connectivity index (χ1v) is 8.18. The van der Waals surface area contributed by atoms with Crippen molar-refractivity contribution in [2.75, 3.05) is 5.75 Å². The van der Waals surface area contributed by atoms with Crippen LogP contribution in [0.5, 0.6) is 0 Å². The molecule has 2 rings (SSSR count). The summed E-state index contributed by atoms with van der Waals surface area (Å²) in [6, 6.07) is 4.07. The van der Waals surface area contributed by atoms with E-state index < -0.39 is 11.8 Å². The van der Waals surface area contributed by atoms with Gasteiger partial charge >= 0.3 is 11.8 Å². The fourth-order valence-corrected chi connectivity index (χ4v) is 3.01. The minimum absolute atomic E-state index is 0.116. The van der Waals surface area contributed by atoms with Gasteiger partial charge in [-0.2, -0.15) is 0 Å². The third-order valence-electron chi connectivity index (χ3n) is 2.49. The second-order valence-corrected chi connectivity index (χ2v) is 6.34. The highest BCUT2D eigenvalue weighted by atomic mass is 32.2. The number of thioether (sulfide) groups is 1. The Morgan fingerprint density at radius 1 is 1.25 bits per heavy atom. The van der Waals surface area contributed by atoms with Crippen molar-refractivity contribution in [3.63, 3.8) is 0 Å². The summed E-state index contributed by atoms with van der Waals surface area (Å²) in [5.41, 5.74) is 4.32. The van der Waals surface area contributed by atoms with Gasteiger partial charge in [-0.05, 0) is 24.3 Å². The maximum absolute atomic E-state index is 11.5. The smallest absolute Gasteiger partial charge is 0.327 e. The van der Waals surface area contributed by atoms with Crippen LogP contribution in [0.2, 0.25) is 0 Å². The first-order chi connectivity index (χ1) is 9.65. The number of carbonyl (C=O) groups is 3. The molecule has 3 N–H and O–H groups in total. The molecule has 0 unspecified atom stereocenters. The Bertz CT molecular complexity index is 486. The van der Waals surface area contributed by atoms with Crippen LogP contribution in [0.3, 0.4) is 0 Å². The molecule has 6 nitrogen and oxygen atoms in total. The van der Waals surface area contributed by atoms with Crippen molar-refractivity contribution < 1.29 is 14.4 Å². The minimum atomic E-state index is -0.839. The zero-order valence-corrected chi connectivity index (χ0v) is 12.3. The molecule has 0 saturated heterocycles. The van der Waals surface area contributed by atoms with Gasteiger partial charge in [0.25, 0.3) is 0 Å². The van der Waals surface area contributed by atoms with Crippen LogP contribution in [-0.4, -0.2) is 29.5 Å². The molecule has 20 heavy (non-hydrogen) atoms. The average molecular weight is 313 g/mol. The lowest BCUT2D eigenvalue weighted by Crippen LogP contribution is -2.49. The second kappa shape index (κ2) is 7.30. The molecule has 0 spiro atoms. The Kier molecular flexibility index (Phi) is 5.42. The molecule has 1 aromatic rings. The lowest BCUT2D eigenvalue weighted by molar-refractivity contribution is -0.140. The molecule has 1 fully saturated rings. The van der Waals surface area contributed by atoms with Gasteiger partial charge in [-0.25, -0.2) is 0 Å². The van der Waals surface area contributed by atoms with Crippen molar-refractivity contribution in [2.45, 2.75) is 24.6 Å². The van der Waals surface area contributed by atoms with E-state index in [4.69, 9.17) is 0 Å². The van der Waals surface area contributed by atoms with Gasteiger partial charge in [0.1, 0.15) is 0 Å². The summed E-state index contributed by atoms with van der Waals surface area (Å²) in [5, 5.41) is 4.51. The topological polar surface area (TPSA) is 87.3 Å². The van der Waals surface area contributed by atoms with Crippen molar-refractivity contribution in [1.82, 2.24) is 16.2 Å². The Labute approximate surface area is 124 Å². The molecule has 1 aromatic heterocycles. The molecule has 0 atom stereocenters. The molecule has 1 aliphatic carbocycles. The van der Waals surface area contributed by atoms with Crippen molar-refractivity contribution in [1.29, 1.82) is 0 Å². The monoisotopic (exact) mass is 313 g/mol. The molecule has 1 saturated carbocycles. The fraction of sp³-hybridized carbons (Fsp3) is 0.417. The molecule has 0 aromatic carbocycles. The molecule has 3 amide bonds. The van der Waals surface area contributed by atoms with E-state index in [2.05, 4.69) is 16.2 Å². The van der Waals surface area contributed by atoms with Crippen LogP contribution in [0.15, 0.2) is 17.5 Å². The molecular weight excluding hydrogens is 298 g/mol. The van der Waals surface area contributed by atoms with Crippen LogP contribution < -0.4 is 16.2 Å². The van der Waals surface area contributed by atoms with E-state index in [-0.39, 0.29) is 17.7 Å². The summed E-state index contributed by atoms with van der Waals surface area (Å²) >= 11 is 3.08. The van der Waals surface area contributed by atoms with E-state index in [1.807, 2.05) is 17.5 Å². The van der Waals surface area contributed by atoms with Gasteiger partial charge in [0, 0.05) is 16.7 Å². The summed E-state index contributed by atoms with van der Waals surface area (Å²) in [5.74, 6) is -0.907. The normalized spacial score (nSPS) is 13.6. The van der Waals surface area contributed by atoms with Gasteiger partial charge in [-0.3, -0.25) is 25.2 Å². The Morgan fingerprint density at radius 2 is 2.05 bits per heavy atom. The van der Waals surface area contributed by atoms with Gasteiger partial charge in [-0.1, -0.05) is 6.07 Å². The maximum Gasteiger partial charge on any atom is 0.327 e. The summed E-state index contributed by atoms with van der Waals surface area (Å²) < 4.78 is 0. The molecule has 108 valence electrons. The lowest BCUT2D eigenvalue weighted by Gasteiger charge is -2.07. The predicted octanol–water partition coefficient (Wildman–Crippen LogP) is 0.407. The van der Waals surface area contributed by atoms with E-state index in [1.54, 1.807) is 11.3 Å². The molecule has 8 heteroatoms. The number of carbonyl (C=O) groups excluding carboxylic acids is 3. The van der Waals surface area contributed by atoms with Crippen LogP contribution in [0.25, 0.3) is 0 Å². The van der Waals surface area contributed by atoms with E-state index in [0.717, 1.165) is 18.6 Å². The minimum Gasteiger partial charge on any atom is -0.345 e. The molecule has 0 aliphatic heterocycles. The largest absolute Gasteiger partial charge is 0.345 e. The summed E-state index contributed by atoms with van der Waals surface area (Å²) in [6.07, 6.45) is 1.81. The van der Waals surface area contributed by atoms with E-state index in [1.165, 1.54) is 16.6 Å². The van der Waals surface area contributed by atoms with Gasteiger partial charge in [0.15, 0.2) is 0 Å². The highest BCUT2D eigenvalue weighted by Crippen LogP contribution is 2.18. The van der Waals surface area contributed by atoms with E-state index in [0.29, 0.717) is 0 Å². The average Bonchev–Trinajstić information content (AvgIpc) is 3.09. The van der Waals surface area contributed by atoms with Gasteiger partial charge in [0.05, 0.1) is 5.75 Å². The fourth-order valence-electron chi connectivity index (χ4n) is 1.34. The number of thiophene rings is 1. The quantitative estimate of drug-likeness (QED) is 0.543. The molecule has 1 heterocycles. The highest BCUT2D eigenvalue weighted by molar-refractivity contribution is 7.99. The maximum atomic E-state index is 11.5.